The standard InChI is InChI=1S/C17H22FNO3/c1-2-22-15-11-14(20)17(15)6-8-19(9-7-17)16(21)12-4-3-5-13(18)10-12/h3-5,10,14-15,20H,2,6-9,11H2,1H3. The fourth-order valence-electron chi connectivity index (χ4n) is 3.75. The number of nitrogens with zero attached hydrogens (tertiary/aromatic N) is 1. The average Bonchev–Trinajstić information content (AvgIpc) is 2.54. The van der Waals surface area contributed by atoms with Crippen molar-refractivity contribution >= 4 is 5.91 Å². The number of carbonyl (C=O) groups is 1. The van der Waals surface area contributed by atoms with Crippen molar-refractivity contribution in [2.24, 2.45) is 5.41 Å². The minimum absolute atomic E-state index is 0.0962. The van der Waals surface area contributed by atoms with Crippen molar-refractivity contribution in [3.05, 3.63) is 35.6 Å². The molecule has 0 radical (unpaired) electrons. The van der Waals surface area contributed by atoms with E-state index in [1.54, 1.807) is 17.0 Å². The molecule has 1 aliphatic heterocycles. The Morgan fingerprint density at radius 3 is 2.77 bits per heavy atom. The molecule has 1 spiro atoms. The summed E-state index contributed by atoms with van der Waals surface area (Å²) < 4.78 is 19.0. The summed E-state index contributed by atoms with van der Waals surface area (Å²) in [5.74, 6) is -0.540. The van der Waals surface area contributed by atoms with Crippen LogP contribution in [0.4, 0.5) is 4.39 Å². The predicted octanol–water partition coefficient (Wildman–Crippen LogP) is 2.22. The van der Waals surface area contributed by atoms with Gasteiger partial charge in [-0.25, -0.2) is 4.39 Å². The fourth-order valence-corrected chi connectivity index (χ4v) is 3.75. The van der Waals surface area contributed by atoms with Crippen LogP contribution >= 0.6 is 0 Å². The van der Waals surface area contributed by atoms with Crippen LogP contribution in [-0.4, -0.2) is 47.8 Å². The van der Waals surface area contributed by atoms with Crippen molar-refractivity contribution in [3.8, 4) is 0 Å². The zero-order chi connectivity index (χ0) is 15.7. The van der Waals surface area contributed by atoms with Crippen LogP contribution in [0.1, 0.15) is 36.5 Å². The molecule has 2 atom stereocenters. The Balaban J connectivity index is 1.65. The van der Waals surface area contributed by atoms with Crippen molar-refractivity contribution in [3.63, 3.8) is 0 Å². The number of hydrogen-bond acceptors (Lipinski definition) is 3. The van der Waals surface area contributed by atoms with E-state index in [-0.39, 0.29) is 23.5 Å². The molecule has 5 heteroatoms. The first kappa shape index (κ1) is 15.4. The second kappa shape index (κ2) is 5.97. The maximum absolute atomic E-state index is 13.2. The van der Waals surface area contributed by atoms with Gasteiger partial charge in [-0.05, 0) is 38.0 Å². The molecule has 22 heavy (non-hydrogen) atoms. The summed E-state index contributed by atoms with van der Waals surface area (Å²) in [4.78, 5) is 14.2. The lowest BCUT2D eigenvalue weighted by Crippen LogP contribution is -2.62. The number of amides is 1. The Morgan fingerprint density at radius 1 is 1.45 bits per heavy atom. The smallest absolute Gasteiger partial charge is 0.253 e. The van der Waals surface area contributed by atoms with E-state index >= 15 is 0 Å². The summed E-state index contributed by atoms with van der Waals surface area (Å²) in [6.07, 6.45) is 1.92. The van der Waals surface area contributed by atoms with Crippen molar-refractivity contribution < 1.29 is 19.0 Å². The van der Waals surface area contributed by atoms with Gasteiger partial charge in [0.2, 0.25) is 0 Å². The molecule has 1 aliphatic carbocycles. The van der Waals surface area contributed by atoms with Gasteiger partial charge >= 0.3 is 0 Å². The molecule has 1 amide bonds. The number of benzene rings is 1. The van der Waals surface area contributed by atoms with Gasteiger partial charge in [-0.15, -0.1) is 0 Å². The quantitative estimate of drug-likeness (QED) is 0.931. The monoisotopic (exact) mass is 307 g/mol. The number of aliphatic hydroxyl groups excluding tert-OH is 1. The molecule has 1 aromatic carbocycles. The van der Waals surface area contributed by atoms with Gasteiger partial charge in [-0.3, -0.25) is 4.79 Å². The van der Waals surface area contributed by atoms with Gasteiger partial charge < -0.3 is 14.7 Å². The fraction of sp³-hybridized carbons (Fsp3) is 0.588. The average molecular weight is 307 g/mol. The van der Waals surface area contributed by atoms with Crippen LogP contribution in [-0.2, 0) is 4.74 Å². The number of aliphatic hydroxyl groups is 1. The summed E-state index contributed by atoms with van der Waals surface area (Å²) in [6, 6.07) is 5.79. The maximum atomic E-state index is 13.2. The number of hydrogen-bond donors (Lipinski definition) is 1. The van der Waals surface area contributed by atoms with Crippen LogP contribution in [0.15, 0.2) is 24.3 Å². The van der Waals surface area contributed by atoms with E-state index < -0.39 is 5.82 Å². The second-order valence-electron chi connectivity index (χ2n) is 6.23. The van der Waals surface area contributed by atoms with E-state index in [4.69, 9.17) is 4.74 Å². The molecule has 3 rings (SSSR count). The van der Waals surface area contributed by atoms with Gasteiger partial charge in [-0.2, -0.15) is 0 Å². The molecule has 2 aliphatic rings. The van der Waals surface area contributed by atoms with Gasteiger partial charge in [0.05, 0.1) is 12.2 Å². The normalized spacial score (nSPS) is 26.8. The van der Waals surface area contributed by atoms with Crippen LogP contribution in [0.5, 0.6) is 0 Å². The lowest BCUT2D eigenvalue weighted by atomic mass is 9.58. The number of ether oxygens (including phenoxy) is 1. The molecule has 1 saturated carbocycles. The zero-order valence-corrected chi connectivity index (χ0v) is 12.8. The SMILES string of the molecule is CCOC1CC(O)C12CCN(C(=O)c1cccc(F)c1)CC2. The Bertz CT molecular complexity index is 553. The van der Waals surface area contributed by atoms with E-state index in [2.05, 4.69) is 0 Å². The highest BCUT2D eigenvalue weighted by Crippen LogP contribution is 2.51. The first-order valence-electron chi connectivity index (χ1n) is 7.91. The molecule has 0 aromatic heterocycles. The molecule has 0 bridgehead atoms. The molecule has 120 valence electrons. The van der Waals surface area contributed by atoms with Crippen LogP contribution in [0, 0.1) is 11.2 Å². The second-order valence-corrected chi connectivity index (χ2v) is 6.23. The van der Waals surface area contributed by atoms with E-state index in [1.807, 2.05) is 6.92 Å². The Hall–Kier alpha value is -1.46. The molecular weight excluding hydrogens is 285 g/mol. The van der Waals surface area contributed by atoms with E-state index in [9.17, 15) is 14.3 Å². The number of halogens is 1. The van der Waals surface area contributed by atoms with E-state index in [0.717, 1.165) is 12.8 Å². The van der Waals surface area contributed by atoms with Gasteiger partial charge in [-0.1, -0.05) is 6.07 Å². The molecule has 1 saturated heterocycles. The molecule has 1 aromatic rings. The molecule has 1 N–H and O–H groups in total. The summed E-state index contributed by atoms with van der Waals surface area (Å²) >= 11 is 0. The molecule has 2 fully saturated rings. The third kappa shape index (κ3) is 2.52. The third-order valence-electron chi connectivity index (χ3n) is 5.16. The van der Waals surface area contributed by atoms with Crippen LogP contribution < -0.4 is 0 Å². The highest BCUT2D eigenvalue weighted by molar-refractivity contribution is 5.94. The first-order chi connectivity index (χ1) is 10.6. The molecule has 2 unspecified atom stereocenters. The van der Waals surface area contributed by atoms with Crippen LogP contribution in [0.3, 0.4) is 0 Å². The predicted molar refractivity (Wildman–Crippen MR) is 80.0 cm³/mol. The largest absolute Gasteiger partial charge is 0.392 e. The van der Waals surface area contributed by atoms with Gasteiger partial charge in [0, 0.05) is 37.1 Å². The lowest BCUT2D eigenvalue weighted by molar-refractivity contribution is -0.207. The highest BCUT2D eigenvalue weighted by Gasteiger charge is 2.56. The Kier molecular flexibility index (Phi) is 4.19. The summed E-state index contributed by atoms with van der Waals surface area (Å²) in [5.41, 5.74) is 0.181. The third-order valence-corrected chi connectivity index (χ3v) is 5.16. The molecule has 1 heterocycles. The molecule has 4 nitrogen and oxygen atoms in total. The van der Waals surface area contributed by atoms with Crippen LogP contribution in [0.2, 0.25) is 0 Å². The van der Waals surface area contributed by atoms with Gasteiger partial charge in [0.15, 0.2) is 0 Å². The Labute approximate surface area is 129 Å². The van der Waals surface area contributed by atoms with Crippen molar-refractivity contribution in [2.75, 3.05) is 19.7 Å². The lowest BCUT2D eigenvalue weighted by Gasteiger charge is -2.56. The minimum atomic E-state index is -0.398. The van der Waals surface area contributed by atoms with E-state index in [1.165, 1.54) is 12.1 Å². The van der Waals surface area contributed by atoms with Crippen molar-refractivity contribution in [1.82, 2.24) is 4.90 Å². The summed E-state index contributed by atoms with van der Waals surface area (Å²) in [7, 11) is 0. The van der Waals surface area contributed by atoms with Crippen LogP contribution in [0.25, 0.3) is 0 Å². The molecular formula is C17H22FNO3. The van der Waals surface area contributed by atoms with Gasteiger partial charge in [0.25, 0.3) is 5.91 Å². The van der Waals surface area contributed by atoms with E-state index in [0.29, 0.717) is 31.7 Å². The van der Waals surface area contributed by atoms with Gasteiger partial charge in [0.1, 0.15) is 5.82 Å². The number of carbonyl (C=O) groups excluding carboxylic acids is 1. The summed E-state index contributed by atoms with van der Waals surface area (Å²) in [5, 5.41) is 10.2. The first-order valence-corrected chi connectivity index (χ1v) is 7.91. The van der Waals surface area contributed by atoms with Crippen molar-refractivity contribution in [1.29, 1.82) is 0 Å². The zero-order valence-electron chi connectivity index (χ0n) is 12.8. The summed E-state index contributed by atoms with van der Waals surface area (Å²) in [6.45, 7) is 3.76. The number of likely N-dealkylation sites (tertiary alicyclic amines) is 1. The number of rotatable bonds is 3. The highest BCUT2D eigenvalue weighted by atomic mass is 19.1. The topological polar surface area (TPSA) is 49.8 Å². The Morgan fingerprint density at radius 2 is 2.18 bits per heavy atom. The minimum Gasteiger partial charge on any atom is -0.392 e. The van der Waals surface area contributed by atoms with Crippen molar-refractivity contribution in [2.45, 2.75) is 38.4 Å². The maximum Gasteiger partial charge on any atom is 0.253 e. The number of piperidine rings is 1.